The molecule has 1 aromatic carbocycles. The predicted molar refractivity (Wildman–Crippen MR) is 106 cm³/mol. The Morgan fingerprint density at radius 2 is 1.93 bits per heavy atom. The topological polar surface area (TPSA) is 61.9 Å². The molecule has 0 spiro atoms. The van der Waals surface area contributed by atoms with E-state index in [0.29, 0.717) is 11.6 Å². The minimum atomic E-state index is -0.189. The van der Waals surface area contributed by atoms with E-state index >= 15 is 0 Å². The number of hydrogen-bond acceptors (Lipinski definition) is 3. The van der Waals surface area contributed by atoms with Crippen molar-refractivity contribution in [3.8, 4) is 0 Å². The Kier molecular flexibility index (Phi) is 4.30. The summed E-state index contributed by atoms with van der Waals surface area (Å²) in [5.74, 6) is 0.396. The van der Waals surface area contributed by atoms with Gasteiger partial charge in [0.05, 0.1) is 17.9 Å². The van der Waals surface area contributed by atoms with Crippen LogP contribution in [-0.2, 0) is 6.42 Å². The molecule has 138 valence electrons. The maximum Gasteiger partial charge on any atom is 0.280 e. The molecule has 5 heteroatoms. The summed E-state index contributed by atoms with van der Waals surface area (Å²) in [7, 11) is 0. The zero-order chi connectivity index (χ0) is 19.1. The number of carbonyl (C=O) groups excluding carboxylic acids is 1. The molecule has 5 nitrogen and oxygen atoms in total. The molecule has 1 aliphatic heterocycles. The third-order valence-electron chi connectivity index (χ3n) is 5.11. The number of benzene rings is 1. The normalized spacial score (nSPS) is 16.3. The lowest BCUT2D eigenvalue weighted by molar-refractivity contribution is 0.0988. The van der Waals surface area contributed by atoms with Crippen LogP contribution in [-0.4, -0.2) is 21.1 Å². The first-order valence-electron chi connectivity index (χ1n) is 9.36. The highest BCUT2D eigenvalue weighted by Gasteiger charge is 2.43. The quantitative estimate of drug-likeness (QED) is 0.751. The van der Waals surface area contributed by atoms with Crippen molar-refractivity contribution in [2.75, 3.05) is 4.90 Å². The van der Waals surface area contributed by atoms with Crippen LogP contribution in [0, 0.1) is 19.8 Å². The Balaban J connectivity index is 1.91. The lowest BCUT2D eigenvalue weighted by Gasteiger charge is -2.27. The number of aromatic amines is 1. The van der Waals surface area contributed by atoms with Crippen molar-refractivity contribution in [2.24, 2.45) is 5.92 Å². The number of hydrogen-bond donors (Lipinski definition) is 1. The first kappa shape index (κ1) is 17.5. The van der Waals surface area contributed by atoms with E-state index in [1.54, 1.807) is 6.20 Å². The van der Waals surface area contributed by atoms with Crippen molar-refractivity contribution < 1.29 is 4.79 Å². The van der Waals surface area contributed by atoms with Gasteiger partial charge < -0.3 is 0 Å². The highest BCUT2D eigenvalue weighted by molar-refractivity contribution is 6.10. The van der Waals surface area contributed by atoms with Gasteiger partial charge in [-0.2, -0.15) is 5.10 Å². The van der Waals surface area contributed by atoms with Gasteiger partial charge in [-0.3, -0.25) is 19.8 Å². The highest BCUT2D eigenvalue weighted by Crippen LogP contribution is 2.43. The zero-order valence-electron chi connectivity index (χ0n) is 16.2. The number of rotatable bonds is 4. The summed E-state index contributed by atoms with van der Waals surface area (Å²) in [5, 5.41) is 7.52. The largest absolute Gasteiger partial charge is 0.294 e. The number of aryl methyl sites for hydroxylation is 2. The van der Waals surface area contributed by atoms with Gasteiger partial charge in [0.25, 0.3) is 5.91 Å². The van der Waals surface area contributed by atoms with Crippen molar-refractivity contribution in [3.05, 3.63) is 76.4 Å². The number of aromatic nitrogens is 3. The second-order valence-electron chi connectivity index (χ2n) is 7.65. The van der Waals surface area contributed by atoms with E-state index in [0.717, 1.165) is 40.2 Å². The third kappa shape index (κ3) is 2.93. The van der Waals surface area contributed by atoms with Crippen molar-refractivity contribution in [1.82, 2.24) is 15.2 Å². The van der Waals surface area contributed by atoms with Crippen molar-refractivity contribution in [2.45, 2.75) is 40.2 Å². The van der Waals surface area contributed by atoms with Gasteiger partial charge in [-0.15, -0.1) is 0 Å². The highest BCUT2D eigenvalue weighted by atomic mass is 16.2. The molecule has 2 aromatic heterocycles. The van der Waals surface area contributed by atoms with Crippen LogP contribution in [0.25, 0.3) is 0 Å². The Bertz CT molecular complexity index is 988. The fourth-order valence-corrected chi connectivity index (χ4v) is 3.83. The summed E-state index contributed by atoms with van der Waals surface area (Å²) in [4.78, 5) is 19.5. The van der Waals surface area contributed by atoms with E-state index in [2.05, 4.69) is 48.1 Å². The van der Waals surface area contributed by atoms with Gasteiger partial charge in [0.2, 0.25) is 0 Å². The first-order chi connectivity index (χ1) is 13.0. The average Bonchev–Trinajstić information content (AvgIpc) is 3.15. The molecule has 1 unspecified atom stereocenters. The SMILES string of the molecule is Cc1ccc(N2C(=O)c3n[nH]c(CC(C)C)c3C2c2ccccc2C)cn1. The number of nitrogens with one attached hydrogen (secondary N) is 1. The van der Waals surface area contributed by atoms with E-state index in [1.165, 1.54) is 0 Å². The van der Waals surface area contributed by atoms with Crippen LogP contribution in [0.3, 0.4) is 0 Å². The summed E-state index contributed by atoms with van der Waals surface area (Å²) in [6.07, 6.45) is 2.63. The Hall–Kier alpha value is -2.95. The zero-order valence-corrected chi connectivity index (χ0v) is 16.2. The molecule has 3 heterocycles. The standard InChI is InChI=1S/C22H24N4O/c1-13(2)11-18-19-20(25-24-18)22(27)26(16-10-9-15(4)23-12-16)21(19)17-8-6-5-7-14(17)3/h5-10,12-13,21H,11H2,1-4H3,(H,24,25). The number of carbonyl (C=O) groups is 1. The van der Waals surface area contributed by atoms with Gasteiger partial charge >= 0.3 is 0 Å². The van der Waals surface area contributed by atoms with Gasteiger partial charge in [0, 0.05) is 17.0 Å². The molecule has 0 bridgehead atoms. The molecule has 1 aliphatic rings. The maximum absolute atomic E-state index is 13.3. The van der Waals surface area contributed by atoms with Crippen LogP contribution in [0.2, 0.25) is 0 Å². The van der Waals surface area contributed by atoms with Gasteiger partial charge in [-0.05, 0) is 49.4 Å². The predicted octanol–water partition coefficient (Wildman–Crippen LogP) is 4.37. The molecular weight excluding hydrogens is 336 g/mol. The van der Waals surface area contributed by atoms with E-state index in [-0.39, 0.29) is 11.9 Å². The summed E-state index contributed by atoms with van der Waals surface area (Å²) in [6, 6.07) is 12.0. The number of fused-ring (bicyclic) bond motifs is 1. The van der Waals surface area contributed by atoms with Gasteiger partial charge in [0.1, 0.15) is 0 Å². The van der Waals surface area contributed by atoms with Gasteiger partial charge in [-0.1, -0.05) is 38.1 Å². The molecule has 0 saturated carbocycles. The average molecular weight is 360 g/mol. The van der Waals surface area contributed by atoms with Crippen LogP contribution in [0.15, 0.2) is 42.6 Å². The number of H-pyrrole nitrogens is 1. The summed E-state index contributed by atoms with van der Waals surface area (Å²) >= 11 is 0. The van der Waals surface area contributed by atoms with Crippen LogP contribution < -0.4 is 4.90 Å². The van der Waals surface area contributed by atoms with Crippen LogP contribution in [0.5, 0.6) is 0 Å². The third-order valence-corrected chi connectivity index (χ3v) is 5.11. The molecule has 0 radical (unpaired) electrons. The van der Waals surface area contributed by atoms with Crippen LogP contribution >= 0.6 is 0 Å². The molecular formula is C22H24N4O. The number of anilines is 1. The Morgan fingerprint density at radius 1 is 1.15 bits per heavy atom. The lowest BCUT2D eigenvalue weighted by atomic mass is 9.93. The van der Waals surface area contributed by atoms with E-state index in [1.807, 2.05) is 36.1 Å². The summed E-state index contributed by atoms with van der Waals surface area (Å²) < 4.78 is 0. The first-order valence-corrected chi connectivity index (χ1v) is 9.36. The number of pyridine rings is 1. The van der Waals surface area contributed by atoms with E-state index < -0.39 is 0 Å². The number of amides is 1. The van der Waals surface area contributed by atoms with E-state index in [4.69, 9.17) is 0 Å². The molecule has 1 amide bonds. The van der Waals surface area contributed by atoms with Crippen LogP contribution in [0.4, 0.5) is 5.69 Å². The second-order valence-corrected chi connectivity index (χ2v) is 7.65. The molecule has 1 atom stereocenters. The van der Waals surface area contributed by atoms with Crippen molar-refractivity contribution in [1.29, 1.82) is 0 Å². The molecule has 4 rings (SSSR count). The second kappa shape index (κ2) is 6.65. The minimum absolute atomic E-state index is 0.0739. The molecule has 3 aromatic rings. The Morgan fingerprint density at radius 3 is 2.59 bits per heavy atom. The van der Waals surface area contributed by atoms with Gasteiger partial charge in [0.15, 0.2) is 5.69 Å². The molecule has 0 fully saturated rings. The van der Waals surface area contributed by atoms with E-state index in [9.17, 15) is 4.79 Å². The molecule has 1 N–H and O–H groups in total. The fraction of sp³-hybridized carbons (Fsp3) is 0.318. The smallest absolute Gasteiger partial charge is 0.280 e. The Labute approximate surface area is 159 Å². The molecule has 0 aliphatic carbocycles. The minimum Gasteiger partial charge on any atom is -0.294 e. The van der Waals surface area contributed by atoms with Gasteiger partial charge in [-0.25, -0.2) is 0 Å². The summed E-state index contributed by atoms with van der Waals surface area (Å²) in [6.45, 7) is 8.38. The molecule has 0 saturated heterocycles. The van der Waals surface area contributed by atoms with Crippen molar-refractivity contribution in [3.63, 3.8) is 0 Å². The van der Waals surface area contributed by atoms with Crippen LogP contribution in [0.1, 0.15) is 58.5 Å². The summed E-state index contributed by atoms with van der Waals surface area (Å²) in [5.41, 5.74) is 6.58. The monoisotopic (exact) mass is 360 g/mol. The number of nitrogens with zero attached hydrogens (tertiary/aromatic N) is 3. The molecule has 27 heavy (non-hydrogen) atoms. The lowest BCUT2D eigenvalue weighted by Crippen LogP contribution is -2.30. The fourth-order valence-electron chi connectivity index (χ4n) is 3.83. The maximum atomic E-state index is 13.3. The van der Waals surface area contributed by atoms with Crippen molar-refractivity contribution >= 4 is 11.6 Å².